The van der Waals surface area contributed by atoms with Gasteiger partial charge in [0.25, 0.3) is 0 Å². The fourth-order valence-corrected chi connectivity index (χ4v) is 1.30. The zero-order valence-electron chi connectivity index (χ0n) is 7.58. The van der Waals surface area contributed by atoms with Gasteiger partial charge in [-0.3, -0.25) is 0 Å². The van der Waals surface area contributed by atoms with E-state index in [0.29, 0.717) is 0 Å². The molecule has 0 N–H and O–H groups in total. The van der Waals surface area contributed by atoms with Crippen molar-refractivity contribution in [2.45, 2.75) is 6.42 Å². The van der Waals surface area contributed by atoms with Crippen LogP contribution in [0.5, 0.6) is 0 Å². The molecule has 0 aromatic heterocycles. The monoisotopic (exact) mass is 260 g/mol. The van der Waals surface area contributed by atoms with Crippen LogP contribution in [0, 0.1) is 0 Å². The van der Waals surface area contributed by atoms with Crippen LogP contribution in [-0.2, 0) is 28.1 Å². The molecule has 2 aromatic carbocycles. The van der Waals surface area contributed by atoms with E-state index in [0.717, 1.165) is 6.42 Å². The van der Waals surface area contributed by atoms with Crippen LogP contribution in [0.1, 0.15) is 11.1 Å². The zero-order chi connectivity index (χ0) is 7.52. The van der Waals surface area contributed by atoms with Crippen molar-refractivity contribution in [1.82, 2.24) is 0 Å². The van der Waals surface area contributed by atoms with Crippen LogP contribution >= 0.6 is 0 Å². The molecule has 0 aliphatic heterocycles. The van der Waals surface area contributed by atoms with E-state index in [1.165, 1.54) is 11.1 Å². The van der Waals surface area contributed by atoms with E-state index in [1.807, 2.05) is 0 Å². The van der Waals surface area contributed by atoms with Crippen LogP contribution in [0.25, 0.3) is 0 Å². The van der Waals surface area contributed by atoms with Crippen molar-refractivity contribution >= 4 is 0 Å². The SMILES string of the molecule is [Cl-].[Cl-].[Ti+4].c1cc(Cc2cc[cH-]c2)c[cH-]1. The Morgan fingerprint density at radius 3 is 1.57 bits per heavy atom. The van der Waals surface area contributed by atoms with Gasteiger partial charge < -0.3 is 24.8 Å². The van der Waals surface area contributed by atoms with Crippen LogP contribution in [0.15, 0.2) is 48.5 Å². The standard InChI is InChI=1S/C11H10.2ClH.Ti/c1-2-6-10(5-1)9-11-7-3-4-8-11;;;/h1-8H,9H2;2*1H;/q-2;;;+4/p-2. The molecule has 0 saturated heterocycles. The summed E-state index contributed by atoms with van der Waals surface area (Å²) >= 11 is 0. The predicted octanol–water partition coefficient (Wildman–Crippen LogP) is -3.28. The molecular formula is C11H10Cl2Ti. The van der Waals surface area contributed by atoms with Gasteiger partial charge in [-0.15, -0.1) is 6.42 Å². The second-order valence-electron chi connectivity index (χ2n) is 2.76. The molecule has 2 rings (SSSR count). The van der Waals surface area contributed by atoms with E-state index in [2.05, 4.69) is 48.5 Å². The largest absolute Gasteiger partial charge is 4.00 e. The molecule has 0 radical (unpaired) electrons. The third-order valence-corrected chi connectivity index (χ3v) is 1.87. The fourth-order valence-electron chi connectivity index (χ4n) is 1.30. The summed E-state index contributed by atoms with van der Waals surface area (Å²) in [5, 5.41) is 0. The molecule has 72 valence electrons. The number of hydrogen-bond acceptors (Lipinski definition) is 0. The summed E-state index contributed by atoms with van der Waals surface area (Å²) in [5.74, 6) is 0. The van der Waals surface area contributed by atoms with E-state index in [9.17, 15) is 0 Å². The topological polar surface area (TPSA) is 0 Å². The third-order valence-electron chi connectivity index (χ3n) is 1.87. The van der Waals surface area contributed by atoms with Crippen molar-refractivity contribution in [1.29, 1.82) is 0 Å². The van der Waals surface area contributed by atoms with Crippen LogP contribution < -0.4 is 24.8 Å². The second-order valence-corrected chi connectivity index (χ2v) is 2.76. The summed E-state index contributed by atoms with van der Waals surface area (Å²) in [6.45, 7) is 0. The Labute approximate surface area is 112 Å². The molecule has 2 aromatic rings. The summed E-state index contributed by atoms with van der Waals surface area (Å²) in [4.78, 5) is 0. The maximum atomic E-state index is 2.16. The van der Waals surface area contributed by atoms with Crippen molar-refractivity contribution in [3.63, 3.8) is 0 Å². The summed E-state index contributed by atoms with van der Waals surface area (Å²) in [7, 11) is 0. The first-order chi connectivity index (χ1) is 5.45. The molecule has 0 spiro atoms. The number of rotatable bonds is 2. The van der Waals surface area contributed by atoms with E-state index in [-0.39, 0.29) is 46.5 Å². The third kappa shape index (κ3) is 4.48. The Morgan fingerprint density at radius 2 is 1.29 bits per heavy atom. The van der Waals surface area contributed by atoms with Gasteiger partial charge in [-0.05, 0) is 0 Å². The molecule has 0 bridgehead atoms. The van der Waals surface area contributed by atoms with Gasteiger partial charge >= 0.3 is 21.7 Å². The molecule has 0 saturated carbocycles. The Kier molecular flexibility index (Phi) is 9.76. The van der Waals surface area contributed by atoms with Gasteiger partial charge in [-0.2, -0.15) is 36.4 Å². The van der Waals surface area contributed by atoms with Gasteiger partial charge in [-0.25, -0.2) is 23.3 Å². The molecule has 3 heteroatoms. The Hall–Kier alpha value is -0.00571. The minimum absolute atomic E-state index is 0. The molecule has 0 aliphatic carbocycles. The summed E-state index contributed by atoms with van der Waals surface area (Å²) < 4.78 is 0. The van der Waals surface area contributed by atoms with Crippen molar-refractivity contribution in [3.05, 3.63) is 59.7 Å². The fraction of sp³-hybridized carbons (Fsp3) is 0.0909. The number of halogens is 2. The molecule has 0 atom stereocenters. The molecule has 0 fully saturated rings. The van der Waals surface area contributed by atoms with Crippen molar-refractivity contribution in [2.24, 2.45) is 0 Å². The quantitative estimate of drug-likeness (QED) is 0.393. The number of hydrogen-bond donors (Lipinski definition) is 0. The molecule has 14 heavy (non-hydrogen) atoms. The molecular weight excluding hydrogens is 251 g/mol. The Bertz CT molecular complexity index is 266. The zero-order valence-corrected chi connectivity index (χ0v) is 10.7. The normalized spacial score (nSPS) is 8.00. The average Bonchev–Trinajstić information content (AvgIpc) is 2.60. The Morgan fingerprint density at radius 1 is 0.857 bits per heavy atom. The average molecular weight is 261 g/mol. The Balaban J connectivity index is 0. The van der Waals surface area contributed by atoms with Gasteiger partial charge in [-0.1, -0.05) is 0 Å². The van der Waals surface area contributed by atoms with Gasteiger partial charge in [0.05, 0.1) is 0 Å². The maximum absolute atomic E-state index is 2.16. The van der Waals surface area contributed by atoms with Crippen LogP contribution in [-0.4, -0.2) is 0 Å². The van der Waals surface area contributed by atoms with E-state index in [1.54, 1.807) is 0 Å². The van der Waals surface area contributed by atoms with Crippen molar-refractivity contribution in [3.8, 4) is 0 Å². The predicted molar refractivity (Wildman–Crippen MR) is 46.9 cm³/mol. The van der Waals surface area contributed by atoms with E-state index in [4.69, 9.17) is 0 Å². The van der Waals surface area contributed by atoms with Crippen molar-refractivity contribution in [2.75, 3.05) is 0 Å². The molecule has 0 aliphatic rings. The first-order valence-electron chi connectivity index (χ1n) is 3.86. The van der Waals surface area contributed by atoms with Gasteiger partial charge in [0.1, 0.15) is 0 Å². The smallest absolute Gasteiger partial charge is 1.00 e. The summed E-state index contributed by atoms with van der Waals surface area (Å²) in [5.41, 5.74) is 2.80. The van der Waals surface area contributed by atoms with E-state index < -0.39 is 0 Å². The van der Waals surface area contributed by atoms with Crippen LogP contribution in [0.3, 0.4) is 0 Å². The summed E-state index contributed by atoms with van der Waals surface area (Å²) in [6.07, 6.45) is 1.07. The van der Waals surface area contributed by atoms with Crippen molar-refractivity contribution < 1.29 is 46.5 Å². The molecule has 0 amide bonds. The summed E-state index contributed by atoms with van der Waals surface area (Å²) in [6, 6.07) is 17.0. The van der Waals surface area contributed by atoms with Crippen LogP contribution in [0.4, 0.5) is 0 Å². The van der Waals surface area contributed by atoms with Gasteiger partial charge in [0, 0.05) is 0 Å². The molecule has 0 unspecified atom stereocenters. The van der Waals surface area contributed by atoms with E-state index >= 15 is 0 Å². The van der Waals surface area contributed by atoms with Crippen LogP contribution in [0.2, 0.25) is 0 Å². The first kappa shape index (κ1) is 16.4. The minimum atomic E-state index is 0. The van der Waals surface area contributed by atoms with Gasteiger partial charge in [0.2, 0.25) is 0 Å². The van der Waals surface area contributed by atoms with Gasteiger partial charge in [0.15, 0.2) is 0 Å². The first-order valence-corrected chi connectivity index (χ1v) is 3.86. The second kappa shape index (κ2) is 8.31. The molecule has 0 heterocycles. The minimum Gasteiger partial charge on any atom is -1.00 e. The maximum Gasteiger partial charge on any atom is 4.00 e. The molecule has 0 nitrogen and oxygen atoms in total.